The van der Waals surface area contributed by atoms with Crippen LogP contribution in [0.4, 0.5) is 0 Å². The molecule has 2 nitrogen and oxygen atoms in total. The van der Waals surface area contributed by atoms with Crippen molar-refractivity contribution in [2.24, 2.45) is 5.92 Å². The molecule has 0 saturated heterocycles. The summed E-state index contributed by atoms with van der Waals surface area (Å²) in [6.45, 7) is 6.25. The van der Waals surface area contributed by atoms with Gasteiger partial charge in [0.15, 0.2) is 0 Å². The number of aliphatic hydroxyl groups is 1. The fraction of sp³-hybridized carbons (Fsp3) is 0.909. The zero-order chi connectivity index (χ0) is 10.3. The van der Waals surface area contributed by atoms with E-state index in [1.54, 1.807) is 0 Å². The summed E-state index contributed by atoms with van der Waals surface area (Å²) in [5, 5.41) is 18.7. The molecule has 0 aromatic heterocycles. The second-order valence-corrected chi connectivity index (χ2v) is 4.26. The monoisotopic (exact) mass is 183 g/mol. The quantitative estimate of drug-likeness (QED) is 0.688. The Morgan fingerprint density at radius 3 is 2.46 bits per heavy atom. The van der Waals surface area contributed by atoms with Gasteiger partial charge in [-0.2, -0.15) is 5.26 Å². The van der Waals surface area contributed by atoms with E-state index in [0.29, 0.717) is 5.92 Å². The molecule has 0 fully saturated rings. The largest absolute Gasteiger partial charge is 0.389 e. The van der Waals surface area contributed by atoms with Gasteiger partial charge in [-0.3, -0.25) is 0 Å². The second kappa shape index (κ2) is 5.99. The highest BCUT2D eigenvalue weighted by molar-refractivity contribution is 4.89. The number of nitrogens with zero attached hydrogens (tertiary/aromatic N) is 1. The Morgan fingerprint density at radius 1 is 1.46 bits per heavy atom. The minimum absolute atomic E-state index is 0.269. The van der Waals surface area contributed by atoms with Crippen molar-refractivity contribution in [1.82, 2.24) is 0 Å². The summed E-state index contributed by atoms with van der Waals surface area (Å²) in [7, 11) is 0. The van der Waals surface area contributed by atoms with E-state index in [2.05, 4.69) is 26.8 Å². The lowest BCUT2D eigenvalue weighted by Crippen LogP contribution is -2.29. The predicted octanol–water partition coefficient (Wildman–Crippen LogP) is 2.87. The van der Waals surface area contributed by atoms with E-state index in [1.165, 1.54) is 0 Å². The summed E-state index contributed by atoms with van der Waals surface area (Å²) in [6, 6.07) is 2.07. The van der Waals surface area contributed by atoms with Gasteiger partial charge in [0.1, 0.15) is 0 Å². The number of rotatable bonds is 6. The summed E-state index contributed by atoms with van der Waals surface area (Å²) >= 11 is 0. The number of nitriles is 1. The molecular weight excluding hydrogens is 162 g/mol. The van der Waals surface area contributed by atoms with Crippen molar-refractivity contribution in [3.05, 3.63) is 0 Å². The van der Waals surface area contributed by atoms with Gasteiger partial charge < -0.3 is 5.11 Å². The number of unbranched alkanes of at least 4 members (excludes halogenated alkanes) is 1. The Bertz CT molecular complexity index is 171. The topological polar surface area (TPSA) is 44.0 Å². The van der Waals surface area contributed by atoms with Crippen molar-refractivity contribution in [2.75, 3.05) is 0 Å². The summed E-state index contributed by atoms with van der Waals surface area (Å²) in [5.74, 6) is 0.454. The maximum atomic E-state index is 10.1. The predicted molar refractivity (Wildman–Crippen MR) is 54.2 cm³/mol. The van der Waals surface area contributed by atoms with Crippen molar-refractivity contribution in [2.45, 2.75) is 58.5 Å². The minimum Gasteiger partial charge on any atom is -0.389 e. The van der Waals surface area contributed by atoms with Crippen molar-refractivity contribution in [3.8, 4) is 6.07 Å². The van der Waals surface area contributed by atoms with Crippen molar-refractivity contribution >= 4 is 0 Å². The molecule has 0 aromatic rings. The van der Waals surface area contributed by atoms with Crippen LogP contribution in [0.2, 0.25) is 0 Å². The highest BCUT2D eigenvalue weighted by Crippen LogP contribution is 2.26. The third kappa shape index (κ3) is 5.65. The lowest BCUT2D eigenvalue weighted by atomic mass is 9.85. The molecule has 1 N–H and O–H groups in total. The van der Waals surface area contributed by atoms with Crippen LogP contribution in [0.15, 0.2) is 0 Å². The maximum Gasteiger partial charge on any atom is 0.0779 e. The van der Waals surface area contributed by atoms with Gasteiger partial charge in [0, 0.05) is 0 Å². The van der Waals surface area contributed by atoms with Crippen LogP contribution in [0, 0.1) is 17.2 Å². The average molecular weight is 183 g/mol. The molecule has 13 heavy (non-hydrogen) atoms. The fourth-order valence-electron chi connectivity index (χ4n) is 1.68. The summed E-state index contributed by atoms with van der Waals surface area (Å²) in [5.41, 5.74) is -0.737. The normalized spacial score (nSPS) is 15.4. The van der Waals surface area contributed by atoms with Crippen LogP contribution in [0.5, 0.6) is 0 Å². The van der Waals surface area contributed by atoms with Gasteiger partial charge in [-0.25, -0.2) is 0 Å². The molecule has 76 valence electrons. The number of hydrogen-bond donors (Lipinski definition) is 1. The van der Waals surface area contributed by atoms with Crippen LogP contribution in [-0.4, -0.2) is 10.7 Å². The molecule has 0 spiro atoms. The summed E-state index contributed by atoms with van der Waals surface area (Å²) in [4.78, 5) is 0. The Labute approximate surface area is 81.6 Å². The summed E-state index contributed by atoms with van der Waals surface area (Å²) in [6.07, 6.45) is 3.84. The highest BCUT2D eigenvalue weighted by atomic mass is 16.3. The van der Waals surface area contributed by atoms with Gasteiger partial charge in [-0.1, -0.05) is 33.6 Å². The van der Waals surface area contributed by atoms with Gasteiger partial charge in [0.2, 0.25) is 0 Å². The minimum atomic E-state index is -0.737. The molecule has 1 atom stereocenters. The first-order chi connectivity index (χ1) is 6.04. The molecule has 2 heteroatoms. The van der Waals surface area contributed by atoms with E-state index in [1.807, 2.05) is 0 Å². The molecule has 0 saturated carbocycles. The summed E-state index contributed by atoms with van der Waals surface area (Å²) < 4.78 is 0. The van der Waals surface area contributed by atoms with Crippen LogP contribution >= 0.6 is 0 Å². The first-order valence-electron chi connectivity index (χ1n) is 5.13. The van der Waals surface area contributed by atoms with E-state index in [0.717, 1.165) is 25.7 Å². The van der Waals surface area contributed by atoms with Gasteiger partial charge >= 0.3 is 0 Å². The Kier molecular flexibility index (Phi) is 5.73. The maximum absolute atomic E-state index is 10.1. The van der Waals surface area contributed by atoms with Crippen LogP contribution < -0.4 is 0 Å². The van der Waals surface area contributed by atoms with E-state index >= 15 is 0 Å². The Balaban J connectivity index is 4.09. The molecule has 0 radical (unpaired) electrons. The second-order valence-electron chi connectivity index (χ2n) is 4.26. The zero-order valence-electron chi connectivity index (χ0n) is 9.01. The van der Waals surface area contributed by atoms with Crippen LogP contribution in [0.3, 0.4) is 0 Å². The Hall–Kier alpha value is -0.550. The van der Waals surface area contributed by atoms with Gasteiger partial charge in [0.05, 0.1) is 18.1 Å². The standard InChI is InChI=1S/C11H21NO/c1-4-5-6-11(13,7-8-12)9-10(2)3/h10,13H,4-7,9H2,1-3H3. The highest BCUT2D eigenvalue weighted by Gasteiger charge is 2.26. The molecule has 0 rings (SSSR count). The van der Waals surface area contributed by atoms with Crippen LogP contribution in [0.25, 0.3) is 0 Å². The lowest BCUT2D eigenvalue weighted by molar-refractivity contribution is 0.0137. The fourth-order valence-corrected chi connectivity index (χ4v) is 1.68. The van der Waals surface area contributed by atoms with E-state index in [9.17, 15) is 5.11 Å². The Morgan fingerprint density at radius 2 is 2.08 bits per heavy atom. The van der Waals surface area contributed by atoms with Gasteiger partial charge in [0.25, 0.3) is 0 Å². The van der Waals surface area contributed by atoms with E-state index in [4.69, 9.17) is 5.26 Å². The molecule has 0 bridgehead atoms. The molecule has 1 unspecified atom stereocenters. The third-order valence-corrected chi connectivity index (χ3v) is 2.19. The molecule has 0 heterocycles. The first kappa shape index (κ1) is 12.4. The SMILES string of the molecule is CCCCC(O)(CC#N)CC(C)C. The molecule has 0 aliphatic heterocycles. The van der Waals surface area contributed by atoms with Crippen LogP contribution in [0.1, 0.15) is 52.9 Å². The number of hydrogen-bond acceptors (Lipinski definition) is 2. The van der Waals surface area contributed by atoms with Crippen molar-refractivity contribution in [1.29, 1.82) is 5.26 Å². The first-order valence-corrected chi connectivity index (χ1v) is 5.13. The average Bonchev–Trinajstić information content (AvgIpc) is 2.00. The molecule has 0 aliphatic rings. The van der Waals surface area contributed by atoms with E-state index in [-0.39, 0.29) is 6.42 Å². The van der Waals surface area contributed by atoms with E-state index < -0.39 is 5.60 Å². The van der Waals surface area contributed by atoms with Crippen LogP contribution in [-0.2, 0) is 0 Å². The van der Waals surface area contributed by atoms with Gasteiger partial charge in [-0.05, 0) is 18.8 Å². The molecular formula is C11H21NO. The lowest BCUT2D eigenvalue weighted by Gasteiger charge is -2.27. The van der Waals surface area contributed by atoms with Gasteiger partial charge in [-0.15, -0.1) is 0 Å². The smallest absolute Gasteiger partial charge is 0.0779 e. The molecule has 0 aliphatic carbocycles. The molecule has 0 amide bonds. The molecule has 0 aromatic carbocycles. The third-order valence-electron chi connectivity index (χ3n) is 2.19. The van der Waals surface area contributed by atoms with Crippen molar-refractivity contribution in [3.63, 3.8) is 0 Å². The van der Waals surface area contributed by atoms with Crippen molar-refractivity contribution < 1.29 is 5.11 Å². The zero-order valence-corrected chi connectivity index (χ0v) is 9.01.